The standard InChI is InChI=1S/C17H24N2/c1-13(18-2)10-15-6-7-17-16(11-15)8-9-19(17)12-14-4-3-5-14/h6-9,11,13-14,18H,3-5,10,12H2,1-2H3. The normalized spacial score (nSPS) is 17.6. The highest BCUT2D eigenvalue weighted by Crippen LogP contribution is 2.29. The van der Waals surface area contributed by atoms with E-state index in [0.29, 0.717) is 6.04 Å². The largest absolute Gasteiger partial charge is 0.347 e. The lowest BCUT2D eigenvalue weighted by Crippen LogP contribution is -2.23. The molecule has 1 aliphatic rings. The summed E-state index contributed by atoms with van der Waals surface area (Å²) in [5.74, 6) is 0.916. The molecule has 0 bridgehead atoms. The summed E-state index contributed by atoms with van der Waals surface area (Å²) in [6.07, 6.45) is 7.61. The van der Waals surface area contributed by atoms with Gasteiger partial charge in [0.1, 0.15) is 0 Å². The fourth-order valence-electron chi connectivity index (χ4n) is 2.94. The number of hydrogen-bond donors (Lipinski definition) is 1. The molecule has 1 aromatic heterocycles. The van der Waals surface area contributed by atoms with Gasteiger partial charge in [-0.25, -0.2) is 0 Å². The van der Waals surface area contributed by atoms with Crippen molar-refractivity contribution in [3.05, 3.63) is 36.0 Å². The Morgan fingerprint density at radius 2 is 2.16 bits per heavy atom. The molecule has 2 heteroatoms. The number of rotatable bonds is 5. The van der Waals surface area contributed by atoms with Crippen LogP contribution in [0.3, 0.4) is 0 Å². The molecule has 1 aliphatic carbocycles. The minimum Gasteiger partial charge on any atom is -0.347 e. The maximum atomic E-state index is 3.30. The SMILES string of the molecule is CNC(C)Cc1ccc2c(ccn2CC2CCC2)c1. The maximum absolute atomic E-state index is 3.30. The summed E-state index contributed by atoms with van der Waals surface area (Å²) in [6.45, 7) is 3.43. The number of aromatic nitrogens is 1. The third-order valence-corrected chi connectivity index (χ3v) is 4.55. The molecular formula is C17H24N2. The Hall–Kier alpha value is -1.28. The Morgan fingerprint density at radius 1 is 1.32 bits per heavy atom. The van der Waals surface area contributed by atoms with E-state index in [4.69, 9.17) is 0 Å². The van der Waals surface area contributed by atoms with Crippen LogP contribution in [-0.4, -0.2) is 17.7 Å². The maximum Gasteiger partial charge on any atom is 0.0480 e. The number of fused-ring (bicyclic) bond motifs is 1. The number of nitrogens with one attached hydrogen (secondary N) is 1. The first kappa shape index (κ1) is 12.7. The van der Waals surface area contributed by atoms with E-state index in [2.05, 4.69) is 47.3 Å². The van der Waals surface area contributed by atoms with Crippen LogP contribution in [0.15, 0.2) is 30.5 Å². The Bertz CT molecular complexity index is 551. The molecule has 1 N–H and O–H groups in total. The van der Waals surface area contributed by atoms with Gasteiger partial charge in [0.25, 0.3) is 0 Å². The van der Waals surface area contributed by atoms with Gasteiger partial charge in [-0.05, 0) is 68.3 Å². The molecule has 102 valence electrons. The van der Waals surface area contributed by atoms with Crippen LogP contribution in [0.5, 0.6) is 0 Å². The molecule has 1 saturated carbocycles. The van der Waals surface area contributed by atoms with E-state index in [-0.39, 0.29) is 0 Å². The van der Waals surface area contributed by atoms with Crippen molar-refractivity contribution in [3.63, 3.8) is 0 Å². The van der Waals surface area contributed by atoms with Gasteiger partial charge < -0.3 is 9.88 Å². The summed E-state index contributed by atoms with van der Waals surface area (Å²) in [4.78, 5) is 0. The lowest BCUT2D eigenvalue weighted by atomic mass is 9.85. The molecule has 0 aliphatic heterocycles. The zero-order chi connectivity index (χ0) is 13.2. The van der Waals surface area contributed by atoms with Crippen molar-refractivity contribution in [1.82, 2.24) is 9.88 Å². The average molecular weight is 256 g/mol. The summed E-state index contributed by atoms with van der Waals surface area (Å²) in [7, 11) is 2.03. The van der Waals surface area contributed by atoms with Crippen molar-refractivity contribution in [2.75, 3.05) is 7.05 Å². The lowest BCUT2D eigenvalue weighted by molar-refractivity contribution is 0.280. The molecule has 1 heterocycles. The van der Waals surface area contributed by atoms with Gasteiger partial charge in [-0.3, -0.25) is 0 Å². The first-order chi connectivity index (χ1) is 9.26. The Labute approximate surface area is 115 Å². The summed E-state index contributed by atoms with van der Waals surface area (Å²) in [5.41, 5.74) is 2.82. The van der Waals surface area contributed by atoms with Crippen molar-refractivity contribution >= 4 is 10.9 Å². The quantitative estimate of drug-likeness (QED) is 0.865. The highest BCUT2D eigenvalue weighted by atomic mass is 15.0. The minimum absolute atomic E-state index is 0.537. The van der Waals surface area contributed by atoms with E-state index in [1.807, 2.05) is 7.05 Å². The van der Waals surface area contributed by atoms with Crippen molar-refractivity contribution in [3.8, 4) is 0 Å². The van der Waals surface area contributed by atoms with E-state index < -0.39 is 0 Å². The van der Waals surface area contributed by atoms with E-state index in [1.165, 1.54) is 42.3 Å². The van der Waals surface area contributed by atoms with Crippen LogP contribution < -0.4 is 5.32 Å². The van der Waals surface area contributed by atoms with Crippen molar-refractivity contribution in [2.45, 2.75) is 45.2 Å². The van der Waals surface area contributed by atoms with E-state index in [1.54, 1.807) is 0 Å². The molecule has 1 unspecified atom stereocenters. The number of nitrogens with zero attached hydrogens (tertiary/aromatic N) is 1. The second-order valence-corrected chi connectivity index (χ2v) is 6.05. The molecule has 2 nitrogen and oxygen atoms in total. The fourth-order valence-corrected chi connectivity index (χ4v) is 2.94. The van der Waals surface area contributed by atoms with Crippen LogP contribution >= 0.6 is 0 Å². The summed E-state index contributed by atoms with van der Waals surface area (Å²) in [6, 6.07) is 9.73. The molecule has 0 spiro atoms. The summed E-state index contributed by atoms with van der Waals surface area (Å²) < 4.78 is 2.43. The molecule has 19 heavy (non-hydrogen) atoms. The van der Waals surface area contributed by atoms with Crippen LogP contribution in [0.25, 0.3) is 10.9 Å². The third kappa shape index (κ3) is 2.69. The molecule has 1 atom stereocenters. The van der Waals surface area contributed by atoms with Gasteiger partial charge in [0, 0.05) is 24.3 Å². The third-order valence-electron chi connectivity index (χ3n) is 4.55. The van der Waals surface area contributed by atoms with Crippen LogP contribution in [0.4, 0.5) is 0 Å². The zero-order valence-corrected chi connectivity index (χ0v) is 12.0. The highest BCUT2D eigenvalue weighted by molar-refractivity contribution is 5.80. The second kappa shape index (κ2) is 5.38. The smallest absolute Gasteiger partial charge is 0.0480 e. The van der Waals surface area contributed by atoms with E-state index >= 15 is 0 Å². The van der Waals surface area contributed by atoms with Crippen molar-refractivity contribution in [2.24, 2.45) is 5.92 Å². The monoisotopic (exact) mass is 256 g/mol. The second-order valence-electron chi connectivity index (χ2n) is 6.05. The summed E-state index contributed by atoms with van der Waals surface area (Å²) in [5, 5.41) is 4.69. The first-order valence-electron chi connectivity index (χ1n) is 7.51. The zero-order valence-electron chi connectivity index (χ0n) is 12.0. The highest BCUT2D eigenvalue weighted by Gasteiger charge is 2.18. The van der Waals surface area contributed by atoms with Crippen molar-refractivity contribution in [1.29, 1.82) is 0 Å². The lowest BCUT2D eigenvalue weighted by Gasteiger charge is -2.26. The summed E-state index contributed by atoms with van der Waals surface area (Å²) >= 11 is 0. The van der Waals surface area contributed by atoms with Gasteiger partial charge >= 0.3 is 0 Å². The Morgan fingerprint density at radius 3 is 2.84 bits per heavy atom. The number of hydrogen-bond acceptors (Lipinski definition) is 1. The number of likely N-dealkylation sites (N-methyl/N-ethyl adjacent to an activating group) is 1. The van der Waals surface area contributed by atoms with Crippen LogP contribution in [-0.2, 0) is 13.0 Å². The van der Waals surface area contributed by atoms with Gasteiger partial charge in [-0.2, -0.15) is 0 Å². The molecule has 1 aromatic carbocycles. The molecule has 1 fully saturated rings. The van der Waals surface area contributed by atoms with E-state index in [0.717, 1.165) is 12.3 Å². The fraction of sp³-hybridized carbons (Fsp3) is 0.529. The molecule has 0 radical (unpaired) electrons. The molecule has 0 amide bonds. The van der Waals surface area contributed by atoms with Gasteiger partial charge in [0.15, 0.2) is 0 Å². The Balaban J connectivity index is 1.80. The molecule has 3 rings (SSSR count). The predicted molar refractivity (Wildman–Crippen MR) is 81.5 cm³/mol. The predicted octanol–water partition coefficient (Wildman–Crippen LogP) is 3.59. The topological polar surface area (TPSA) is 17.0 Å². The van der Waals surface area contributed by atoms with Gasteiger partial charge in [0.2, 0.25) is 0 Å². The van der Waals surface area contributed by atoms with Gasteiger partial charge in [-0.1, -0.05) is 12.5 Å². The Kier molecular flexibility index (Phi) is 3.61. The van der Waals surface area contributed by atoms with Crippen LogP contribution in [0, 0.1) is 5.92 Å². The average Bonchev–Trinajstić information content (AvgIpc) is 2.76. The van der Waals surface area contributed by atoms with Crippen LogP contribution in [0.2, 0.25) is 0 Å². The molecule has 0 saturated heterocycles. The van der Waals surface area contributed by atoms with E-state index in [9.17, 15) is 0 Å². The van der Waals surface area contributed by atoms with Crippen molar-refractivity contribution < 1.29 is 0 Å². The van der Waals surface area contributed by atoms with Gasteiger partial charge in [0.05, 0.1) is 0 Å². The van der Waals surface area contributed by atoms with Gasteiger partial charge in [-0.15, -0.1) is 0 Å². The number of benzene rings is 1. The first-order valence-corrected chi connectivity index (χ1v) is 7.51. The molecule has 2 aromatic rings. The minimum atomic E-state index is 0.537. The molecular weight excluding hydrogens is 232 g/mol. The van der Waals surface area contributed by atoms with Crippen LogP contribution in [0.1, 0.15) is 31.7 Å².